The van der Waals surface area contributed by atoms with Gasteiger partial charge in [0.25, 0.3) is 5.91 Å². The molecule has 4 aromatic heterocycles. The minimum absolute atomic E-state index is 0.199. The Bertz CT molecular complexity index is 1410. The lowest BCUT2D eigenvalue weighted by Crippen LogP contribution is -2.36. The zero-order chi connectivity index (χ0) is 24.6. The Morgan fingerprint density at radius 1 is 1.19 bits per heavy atom. The van der Waals surface area contributed by atoms with Crippen molar-refractivity contribution in [2.24, 2.45) is 0 Å². The summed E-state index contributed by atoms with van der Waals surface area (Å²) in [5.41, 5.74) is 3.62. The van der Waals surface area contributed by atoms with Gasteiger partial charge in [-0.2, -0.15) is 4.98 Å². The quantitative estimate of drug-likeness (QED) is 0.373. The van der Waals surface area contributed by atoms with Crippen molar-refractivity contribution >= 4 is 44.2 Å². The lowest BCUT2D eigenvalue weighted by molar-refractivity contribution is 0.101. The van der Waals surface area contributed by atoms with E-state index < -0.39 is 6.10 Å². The number of nitrogens with zero attached hydrogens (tertiary/aromatic N) is 6. The normalized spacial score (nSPS) is 18.2. The summed E-state index contributed by atoms with van der Waals surface area (Å²) in [5.74, 6) is 0.431. The second kappa shape index (κ2) is 9.45. The number of thiazole rings is 1. The Hall–Kier alpha value is -3.61. The smallest absolute Gasteiger partial charge is 0.291 e. The van der Waals surface area contributed by atoms with Crippen LogP contribution in [0.1, 0.15) is 22.7 Å². The molecule has 1 amide bonds. The van der Waals surface area contributed by atoms with Crippen LogP contribution in [0.3, 0.4) is 0 Å². The number of anilines is 3. The number of carbonyl (C=O) groups excluding carboxylic acids is 1. The highest BCUT2D eigenvalue weighted by Gasteiger charge is 2.27. The van der Waals surface area contributed by atoms with Crippen LogP contribution in [0.5, 0.6) is 0 Å². The molecule has 186 valence electrons. The molecule has 0 spiro atoms. The topological polar surface area (TPSA) is 132 Å². The van der Waals surface area contributed by atoms with Crippen LogP contribution in [0.25, 0.3) is 21.6 Å². The zero-order valence-electron chi connectivity index (χ0n) is 19.8. The molecule has 0 aliphatic carbocycles. The van der Waals surface area contributed by atoms with E-state index >= 15 is 0 Å². The van der Waals surface area contributed by atoms with Crippen LogP contribution >= 0.6 is 11.3 Å². The number of aliphatic hydroxyl groups is 1. The molecule has 4 aromatic rings. The molecule has 1 atom stereocenters. The molecule has 0 radical (unpaired) electrons. The van der Waals surface area contributed by atoms with Gasteiger partial charge in [-0.25, -0.2) is 9.97 Å². The maximum Gasteiger partial charge on any atom is 0.291 e. The van der Waals surface area contributed by atoms with Crippen LogP contribution in [0.15, 0.2) is 30.6 Å². The highest BCUT2D eigenvalue weighted by atomic mass is 32.1. The van der Waals surface area contributed by atoms with Crippen molar-refractivity contribution in [2.45, 2.75) is 19.4 Å². The average Bonchev–Trinajstić information content (AvgIpc) is 3.63. The minimum Gasteiger partial charge on any atom is -0.391 e. The van der Waals surface area contributed by atoms with E-state index in [-0.39, 0.29) is 11.7 Å². The second-order valence-corrected chi connectivity index (χ2v) is 9.95. The van der Waals surface area contributed by atoms with Gasteiger partial charge in [0.1, 0.15) is 0 Å². The summed E-state index contributed by atoms with van der Waals surface area (Å²) in [5, 5.41) is 14.0. The van der Waals surface area contributed by atoms with E-state index in [2.05, 4.69) is 25.2 Å². The van der Waals surface area contributed by atoms with E-state index in [0.29, 0.717) is 55.6 Å². The third kappa shape index (κ3) is 4.50. The fourth-order valence-electron chi connectivity index (χ4n) is 4.47. The van der Waals surface area contributed by atoms with E-state index in [9.17, 15) is 9.90 Å². The number of hydrogen-bond acceptors (Lipinski definition) is 10. The summed E-state index contributed by atoms with van der Waals surface area (Å²) in [6.45, 7) is 5.92. The number of ether oxygens (including phenoxy) is 1. The number of pyridine rings is 2. The summed E-state index contributed by atoms with van der Waals surface area (Å²) in [4.78, 5) is 38.6. The molecule has 2 aliphatic rings. The summed E-state index contributed by atoms with van der Waals surface area (Å²) in [6, 6.07) is 5.69. The standard InChI is InChI=1S/C24H26N8O3S/c1-14-10-15(2-4-25-14)18-12-26-21(27-18)23(34)28-17-11-19-20(29-22(17)32-5-3-16(33)13-32)30-24(36-19)31-6-8-35-9-7-31/h2,4,10-12,16,33H,3,5-9,13H2,1H3,(H,26,27)(H,28,34). The highest BCUT2D eigenvalue weighted by Crippen LogP contribution is 2.36. The third-order valence-electron chi connectivity index (χ3n) is 6.33. The van der Waals surface area contributed by atoms with Crippen molar-refractivity contribution < 1.29 is 14.6 Å². The van der Waals surface area contributed by atoms with Gasteiger partial charge in [-0.05, 0) is 31.5 Å². The first kappa shape index (κ1) is 22.8. The summed E-state index contributed by atoms with van der Waals surface area (Å²) in [7, 11) is 0. The fraction of sp³-hybridized carbons (Fsp3) is 0.375. The van der Waals surface area contributed by atoms with Gasteiger partial charge in [0.2, 0.25) is 0 Å². The Kier molecular flexibility index (Phi) is 5.99. The number of fused-ring (bicyclic) bond motifs is 1. The number of aryl methyl sites for hydroxylation is 1. The lowest BCUT2D eigenvalue weighted by Gasteiger charge is -2.25. The van der Waals surface area contributed by atoms with E-state index in [1.54, 1.807) is 23.7 Å². The molecule has 11 nitrogen and oxygen atoms in total. The van der Waals surface area contributed by atoms with Gasteiger partial charge >= 0.3 is 0 Å². The van der Waals surface area contributed by atoms with Gasteiger partial charge in [-0.3, -0.25) is 9.78 Å². The van der Waals surface area contributed by atoms with E-state index in [1.165, 1.54) is 0 Å². The molecule has 2 saturated heterocycles. The van der Waals surface area contributed by atoms with Crippen LogP contribution in [-0.2, 0) is 4.74 Å². The first-order chi connectivity index (χ1) is 17.5. The summed E-state index contributed by atoms with van der Waals surface area (Å²) in [6.07, 6.45) is 3.65. The Labute approximate surface area is 211 Å². The van der Waals surface area contributed by atoms with Crippen LogP contribution in [0, 0.1) is 6.92 Å². The van der Waals surface area contributed by atoms with Gasteiger partial charge < -0.3 is 29.9 Å². The predicted molar refractivity (Wildman–Crippen MR) is 138 cm³/mol. The number of nitrogens with one attached hydrogen (secondary N) is 2. The molecule has 6 heterocycles. The van der Waals surface area contributed by atoms with Crippen molar-refractivity contribution in [3.8, 4) is 11.3 Å². The zero-order valence-corrected chi connectivity index (χ0v) is 20.6. The molecule has 0 saturated carbocycles. The number of rotatable bonds is 5. The maximum atomic E-state index is 13.2. The molecule has 1 unspecified atom stereocenters. The Balaban J connectivity index is 1.31. The third-order valence-corrected chi connectivity index (χ3v) is 7.38. The van der Waals surface area contributed by atoms with Crippen molar-refractivity contribution in [3.05, 3.63) is 42.1 Å². The van der Waals surface area contributed by atoms with Crippen LogP contribution in [-0.4, -0.2) is 81.4 Å². The van der Waals surface area contributed by atoms with Crippen molar-refractivity contribution in [2.75, 3.05) is 54.5 Å². The van der Waals surface area contributed by atoms with E-state index in [1.807, 2.05) is 30.0 Å². The number of carbonyl (C=O) groups is 1. The molecular formula is C24H26N8O3S. The lowest BCUT2D eigenvalue weighted by atomic mass is 10.2. The summed E-state index contributed by atoms with van der Waals surface area (Å²) >= 11 is 1.54. The molecule has 6 rings (SSSR count). The fourth-order valence-corrected chi connectivity index (χ4v) is 5.47. The molecule has 2 fully saturated rings. The predicted octanol–water partition coefficient (Wildman–Crippen LogP) is 2.44. The van der Waals surface area contributed by atoms with Gasteiger partial charge in [0.15, 0.2) is 22.4 Å². The van der Waals surface area contributed by atoms with Crippen molar-refractivity contribution in [3.63, 3.8) is 0 Å². The number of H-pyrrole nitrogens is 1. The SMILES string of the molecule is Cc1cc(-c2c[nH]c(C(=O)Nc3cc4sc(N5CCOCC5)nc4nc3N3CCC(O)C3)n2)ccn1. The Morgan fingerprint density at radius 2 is 2.06 bits per heavy atom. The molecule has 0 aromatic carbocycles. The Morgan fingerprint density at radius 3 is 2.83 bits per heavy atom. The van der Waals surface area contributed by atoms with Crippen LogP contribution in [0.2, 0.25) is 0 Å². The van der Waals surface area contributed by atoms with Crippen molar-refractivity contribution in [1.82, 2.24) is 24.9 Å². The maximum absolute atomic E-state index is 13.2. The largest absolute Gasteiger partial charge is 0.391 e. The van der Waals surface area contributed by atoms with Crippen LogP contribution in [0.4, 0.5) is 16.6 Å². The molecular weight excluding hydrogens is 480 g/mol. The molecule has 0 bridgehead atoms. The van der Waals surface area contributed by atoms with E-state index in [4.69, 9.17) is 14.7 Å². The van der Waals surface area contributed by atoms with Gasteiger partial charge in [-0.1, -0.05) is 11.3 Å². The number of imidazole rings is 1. The van der Waals surface area contributed by atoms with Gasteiger partial charge in [0.05, 0.1) is 35.4 Å². The number of aromatic amines is 1. The number of amides is 1. The highest BCUT2D eigenvalue weighted by molar-refractivity contribution is 7.22. The van der Waals surface area contributed by atoms with Gasteiger partial charge in [-0.15, -0.1) is 0 Å². The molecule has 12 heteroatoms. The molecule has 2 aliphatic heterocycles. The number of hydrogen-bond donors (Lipinski definition) is 3. The number of β-amino-alcohol motifs (C(OH)–C–C–N with tert-alkyl or cyclic N) is 1. The van der Waals surface area contributed by atoms with E-state index in [0.717, 1.165) is 34.2 Å². The monoisotopic (exact) mass is 506 g/mol. The van der Waals surface area contributed by atoms with Gasteiger partial charge in [0, 0.05) is 49.8 Å². The number of aliphatic hydroxyl groups excluding tert-OH is 1. The number of morpholine rings is 1. The first-order valence-corrected chi connectivity index (χ1v) is 12.7. The number of aromatic nitrogens is 5. The minimum atomic E-state index is -0.429. The van der Waals surface area contributed by atoms with Crippen molar-refractivity contribution in [1.29, 1.82) is 0 Å². The molecule has 3 N–H and O–H groups in total. The summed E-state index contributed by atoms with van der Waals surface area (Å²) < 4.78 is 6.34. The second-order valence-electron chi connectivity index (χ2n) is 8.94. The first-order valence-electron chi connectivity index (χ1n) is 11.9. The molecule has 36 heavy (non-hydrogen) atoms. The average molecular weight is 507 g/mol. The van der Waals surface area contributed by atoms with Crippen LogP contribution < -0.4 is 15.1 Å².